The summed E-state index contributed by atoms with van der Waals surface area (Å²) in [5, 5.41) is 0. The second kappa shape index (κ2) is 6.92. The van der Waals surface area contributed by atoms with E-state index < -0.39 is 47.7 Å². The average molecular weight is 347 g/mol. The average Bonchev–Trinajstić information content (AvgIpc) is 2.35. The summed E-state index contributed by atoms with van der Waals surface area (Å²) in [5.41, 5.74) is -2.25. The molecule has 0 saturated carbocycles. The van der Waals surface area contributed by atoms with E-state index in [0.29, 0.717) is 0 Å². The Bertz CT molecular complexity index is 570. The number of nitrogens with zero attached hydrogens (tertiary/aromatic N) is 1. The molecule has 23 heavy (non-hydrogen) atoms. The first-order chi connectivity index (χ1) is 10.5. The van der Waals surface area contributed by atoms with Crippen LogP contribution in [0.5, 0.6) is 11.5 Å². The van der Waals surface area contributed by atoms with Crippen molar-refractivity contribution >= 4 is 5.97 Å². The Kier molecular flexibility index (Phi) is 5.67. The lowest BCUT2D eigenvalue weighted by atomic mass is 10.1. The lowest BCUT2D eigenvalue weighted by molar-refractivity contribution is -0.276. The maximum atomic E-state index is 12.8. The van der Waals surface area contributed by atoms with Crippen molar-refractivity contribution in [1.29, 1.82) is 0 Å². The van der Waals surface area contributed by atoms with Crippen molar-refractivity contribution in [1.82, 2.24) is 4.98 Å². The molecule has 0 aliphatic rings. The second-order valence-electron chi connectivity index (χ2n) is 4.01. The maximum Gasteiger partial charge on any atom is 0.573 e. The molecule has 0 aliphatic heterocycles. The summed E-state index contributed by atoms with van der Waals surface area (Å²) in [4.78, 5) is 14.7. The molecule has 0 N–H and O–H groups in total. The zero-order valence-corrected chi connectivity index (χ0v) is 11.8. The highest BCUT2D eigenvalue weighted by atomic mass is 19.4. The number of carbonyl (C=O) groups excluding carboxylic acids is 1. The summed E-state index contributed by atoms with van der Waals surface area (Å²) < 4.78 is 88.1. The smallest absolute Gasteiger partial charge is 0.491 e. The van der Waals surface area contributed by atoms with Crippen LogP contribution in [-0.4, -0.2) is 31.0 Å². The van der Waals surface area contributed by atoms with Gasteiger partial charge in [-0.2, -0.15) is 13.2 Å². The normalized spacial score (nSPS) is 12.0. The molecule has 1 rings (SSSR count). The van der Waals surface area contributed by atoms with Crippen molar-refractivity contribution in [3.63, 3.8) is 0 Å². The van der Waals surface area contributed by atoms with Crippen LogP contribution >= 0.6 is 0 Å². The third-order valence-electron chi connectivity index (χ3n) is 2.41. The van der Waals surface area contributed by atoms with E-state index in [1.54, 1.807) is 0 Å². The van der Waals surface area contributed by atoms with E-state index in [2.05, 4.69) is 19.2 Å². The first kappa shape index (κ1) is 18.8. The number of halogens is 6. The summed E-state index contributed by atoms with van der Waals surface area (Å²) in [6.07, 6.45) is -11.1. The predicted octanol–water partition coefficient (Wildman–Crippen LogP) is 3.11. The van der Waals surface area contributed by atoms with Gasteiger partial charge >= 0.3 is 18.5 Å². The highest BCUT2D eigenvalue weighted by Gasteiger charge is 2.42. The van der Waals surface area contributed by atoms with Crippen LogP contribution in [0.15, 0.2) is 6.20 Å². The van der Waals surface area contributed by atoms with Crippen molar-refractivity contribution < 1.29 is 45.3 Å². The quantitative estimate of drug-likeness (QED) is 0.605. The summed E-state index contributed by atoms with van der Waals surface area (Å²) in [5.74, 6) is -3.44. The first-order valence-electron chi connectivity index (χ1n) is 6.04. The molecule has 5 nitrogen and oxygen atoms in total. The van der Waals surface area contributed by atoms with E-state index >= 15 is 0 Å². The lowest BCUT2D eigenvalue weighted by Crippen LogP contribution is -2.22. The third-order valence-corrected chi connectivity index (χ3v) is 2.41. The monoisotopic (exact) mass is 347 g/mol. The molecule has 1 aromatic heterocycles. The van der Waals surface area contributed by atoms with Crippen LogP contribution in [-0.2, 0) is 22.1 Å². The number of esters is 1. The van der Waals surface area contributed by atoms with Crippen LogP contribution in [0.4, 0.5) is 26.3 Å². The number of ether oxygens (including phenoxy) is 3. The van der Waals surface area contributed by atoms with Gasteiger partial charge < -0.3 is 14.2 Å². The molecular weight excluding hydrogens is 336 g/mol. The zero-order chi connectivity index (χ0) is 17.8. The Morgan fingerprint density at radius 3 is 2.22 bits per heavy atom. The molecule has 0 bridgehead atoms. The van der Waals surface area contributed by atoms with Crippen LogP contribution in [0.3, 0.4) is 0 Å². The van der Waals surface area contributed by atoms with Crippen molar-refractivity contribution in [2.75, 3.05) is 13.7 Å². The van der Waals surface area contributed by atoms with E-state index in [4.69, 9.17) is 0 Å². The second-order valence-corrected chi connectivity index (χ2v) is 4.01. The Morgan fingerprint density at radius 2 is 1.78 bits per heavy atom. The molecular formula is C12H11F6NO4. The Hall–Kier alpha value is -2.20. The molecule has 0 amide bonds. The van der Waals surface area contributed by atoms with Gasteiger partial charge in [0.2, 0.25) is 0 Å². The van der Waals surface area contributed by atoms with Crippen molar-refractivity contribution in [2.45, 2.75) is 25.9 Å². The van der Waals surface area contributed by atoms with Gasteiger partial charge in [-0.15, -0.1) is 13.2 Å². The Morgan fingerprint density at radius 1 is 1.17 bits per heavy atom. The number of rotatable bonds is 5. The molecule has 0 radical (unpaired) electrons. The van der Waals surface area contributed by atoms with Crippen LogP contribution in [0.1, 0.15) is 18.2 Å². The molecule has 1 aromatic rings. The van der Waals surface area contributed by atoms with E-state index in [-0.39, 0.29) is 12.8 Å². The zero-order valence-electron chi connectivity index (χ0n) is 11.8. The minimum Gasteiger partial charge on any atom is -0.491 e. The molecule has 11 heteroatoms. The number of aromatic nitrogens is 1. The van der Waals surface area contributed by atoms with Crippen LogP contribution in [0, 0.1) is 0 Å². The van der Waals surface area contributed by atoms with Gasteiger partial charge in [0.1, 0.15) is 5.56 Å². The third kappa shape index (κ3) is 5.18. The topological polar surface area (TPSA) is 57.7 Å². The predicted molar refractivity (Wildman–Crippen MR) is 62.8 cm³/mol. The highest BCUT2D eigenvalue weighted by molar-refractivity contribution is 5.73. The van der Waals surface area contributed by atoms with Crippen molar-refractivity contribution in [3.8, 4) is 11.5 Å². The molecule has 130 valence electrons. The van der Waals surface area contributed by atoms with Gasteiger partial charge in [-0.25, -0.2) is 0 Å². The van der Waals surface area contributed by atoms with E-state index in [0.717, 1.165) is 7.11 Å². The number of methoxy groups -OCH3 is 1. The van der Waals surface area contributed by atoms with Gasteiger partial charge in [0, 0.05) is 6.20 Å². The lowest BCUT2D eigenvalue weighted by Gasteiger charge is -2.19. The van der Waals surface area contributed by atoms with Gasteiger partial charge in [0.05, 0.1) is 25.8 Å². The van der Waals surface area contributed by atoms with E-state index in [1.807, 2.05) is 0 Å². The fourth-order valence-corrected chi connectivity index (χ4v) is 1.62. The summed E-state index contributed by atoms with van der Waals surface area (Å²) in [7, 11) is 0.828. The molecule has 1 heterocycles. The number of carbonyl (C=O) groups is 1. The van der Waals surface area contributed by atoms with E-state index in [1.165, 1.54) is 6.92 Å². The van der Waals surface area contributed by atoms with Crippen LogP contribution < -0.4 is 9.47 Å². The molecule has 0 unspecified atom stereocenters. The Labute approximate surface area is 126 Å². The molecule has 0 fully saturated rings. The first-order valence-corrected chi connectivity index (χ1v) is 6.04. The van der Waals surface area contributed by atoms with Gasteiger partial charge in [0.15, 0.2) is 11.5 Å². The summed E-state index contributed by atoms with van der Waals surface area (Å²) in [6.45, 7) is 1.46. The molecule has 0 aliphatic carbocycles. The number of pyridine rings is 1. The maximum absolute atomic E-state index is 12.8. The molecule has 0 atom stereocenters. The number of hydrogen-bond acceptors (Lipinski definition) is 5. The fourth-order valence-electron chi connectivity index (χ4n) is 1.62. The van der Waals surface area contributed by atoms with Crippen molar-refractivity contribution in [2.24, 2.45) is 0 Å². The fraction of sp³-hybridized carbons (Fsp3) is 0.500. The SMILES string of the molecule is CCOC(=O)Cc1ncc(C(F)(F)F)c(OC(F)(F)F)c1OC. The molecule has 0 aromatic carbocycles. The highest BCUT2D eigenvalue weighted by Crippen LogP contribution is 2.44. The molecule has 0 spiro atoms. The number of alkyl halides is 6. The van der Waals surface area contributed by atoms with Gasteiger partial charge in [-0.1, -0.05) is 0 Å². The number of hydrogen-bond donors (Lipinski definition) is 0. The molecule has 0 saturated heterocycles. The van der Waals surface area contributed by atoms with Gasteiger partial charge in [0.25, 0.3) is 0 Å². The largest absolute Gasteiger partial charge is 0.573 e. The van der Waals surface area contributed by atoms with Crippen LogP contribution in [0.2, 0.25) is 0 Å². The minimum absolute atomic E-state index is 0.0201. The standard InChI is InChI=1S/C12H11F6NO4/c1-3-22-8(20)4-7-10(21-2)9(23-12(16,17)18)6(5-19-7)11(13,14)15/h5H,3-4H2,1-2H3. The van der Waals surface area contributed by atoms with Gasteiger partial charge in [-0.05, 0) is 6.92 Å². The van der Waals surface area contributed by atoms with Gasteiger partial charge in [-0.3, -0.25) is 9.78 Å². The minimum atomic E-state index is -5.39. The summed E-state index contributed by atoms with van der Waals surface area (Å²) >= 11 is 0. The van der Waals surface area contributed by atoms with Crippen molar-refractivity contribution in [3.05, 3.63) is 17.5 Å². The summed E-state index contributed by atoms with van der Waals surface area (Å²) in [6, 6.07) is 0. The van der Waals surface area contributed by atoms with Crippen LogP contribution in [0.25, 0.3) is 0 Å². The van der Waals surface area contributed by atoms with E-state index in [9.17, 15) is 31.1 Å². The Balaban J connectivity index is 3.41.